The molecule has 16 nitrogen and oxygen atoms in total. The molecule has 0 radical (unpaired) electrons. The molecule has 5 rings (SSSR count). The lowest BCUT2D eigenvalue weighted by molar-refractivity contribution is -0.136. The largest absolute Gasteiger partial charge is 0.496 e. The van der Waals surface area contributed by atoms with Crippen molar-refractivity contribution in [3.05, 3.63) is 96.2 Å². The average Bonchev–Trinajstić information content (AvgIpc) is 3.18. The SMILES string of the molecule is COc1cc(Nc2cc(Oc3ccc(NC(=O)Nc4cc(C(C)(C)C)cc(NS(C)=O)c4OC)c4ccccc34)ccn2)ccc1C(=O)NCCC(=O)NCCC(=O)O. The van der Waals surface area contributed by atoms with Crippen molar-refractivity contribution in [2.45, 2.75) is 39.0 Å². The van der Waals surface area contributed by atoms with E-state index in [9.17, 15) is 23.4 Å². The first-order valence-electron chi connectivity index (χ1n) is 18.4. The summed E-state index contributed by atoms with van der Waals surface area (Å²) in [6.45, 7) is 6.17. The molecule has 7 N–H and O–H groups in total. The zero-order valence-corrected chi connectivity index (χ0v) is 34.3. The Morgan fingerprint density at radius 1 is 0.780 bits per heavy atom. The van der Waals surface area contributed by atoms with Crippen LogP contribution >= 0.6 is 0 Å². The number of carbonyl (C=O) groups is 4. The number of hydrogen-bond acceptors (Lipinski definition) is 10. The van der Waals surface area contributed by atoms with Gasteiger partial charge in [0.1, 0.15) is 34.1 Å². The third-order valence-corrected chi connectivity index (χ3v) is 9.28. The highest BCUT2D eigenvalue weighted by atomic mass is 32.2. The van der Waals surface area contributed by atoms with E-state index in [-0.39, 0.29) is 48.6 Å². The number of nitrogens with zero attached hydrogens (tertiary/aromatic N) is 1. The fourth-order valence-electron chi connectivity index (χ4n) is 5.91. The molecule has 0 spiro atoms. The van der Waals surface area contributed by atoms with Crippen LogP contribution in [-0.2, 0) is 26.0 Å². The lowest BCUT2D eigenvalue weighted by atomic mass is 9.86. The maximum absolute atomic E-state index is 13.5. The minimum Gasteiger partial charge on any atom is -0.496 e. The first kappa shape index (κ1) is 43.2. The van der Waals surface area contributed by atoms with Crippen LogP contribution < -0.4 is 45.5 Å². The van der Waals surface area contributed by atoms with Crippen molar-refractivity contribution < 1.29 is 42.7 Å². The number of hydrogen-bond donors (Lipinski definition) is 7. The number of aromatic nitrogens is 1. The molecular weight excluding hydrogens is 779 g/mol. The molecule has 1 aromatic heterocycles. The number of methoxy groups -OCH3 is 2. The van der Waals surface area contributed by atoms with E-state index in [1.54, 1.807) is 48.7 Å². The molecule has 17 heteroatoms. The predicted molar refractivity (Wildman–Crippen MR) is 229 cm³/mol. The summed E-state index contributed by atoms with van der Waals surface area (Å²) < 4.78 is 32.4. The molecule has 0 aliphatic heterocycles. The van der Waals surface area contributed by atoms with Gasteiger partial charge in [-0.1, -0.05) is 45.0 Å². The second-order valence-electron chi connectivity index (χ2n) is 14.2. The lowest BCUT2D eigenvalue weighted by Crippen LogP contribution is -2.31. The van der Waals surface area contributed by atoms with Crippen molar-refractivity contribution in [3.63, 3.8) is 0 Å². The molecular formula is C42H47N7O9S. The smallest absolute Gasteiger partial charge is 0.323 e. The van der Waals surface area contributed by atoms with Gasteiger partial charge in [-0.15, -0.1) is 0 Å². The van der Waals surface area contributed by atoms with Crippen molar-refractivity contribution >= 4 is 74.1 Å². The summed E-state index contributed by atoms with van der Waals surface area (Å²) in [5, 5.41) is 24.4. The van der Waals surface area contributed by atoms with E-state index in [0.717, 1.165) is 16.3 Å². The van der Waals surface area contributed by atoms with E-state index in [1.165, 1.54) is 20.5 Å². The second kappa shape index (κ2) is 19.5. The lowest BCUT2D eigenvalue weighted by Gasteiger charge is -2.24. The van der Waals surface area contributed by atoms with Gasteiger partial charge < -0.3 is 50.6 Å². The minimum atomic E-state index is -1.38. The Hall–Kier alpha value is -6.88. The number of ether oxygens (including phenoxy) is 3. The number of amides is 4. The molecule has 0 aliphatic rings. The zero-order valence-electron chi connectivity index (χ0n) is 33.5. The van der Waals surface area contributed by atoms with Crippen molar-refractivity contribution in [3.8, 4) is 23.0 Å². The van der Waals surface area contributed by atoms with Crippen LogP contribution in [0.15, 0.2) is 85.1 Å². The number of carbonyl (C=O) groups excluding carboxylic acids is 3. The van der Waals surface area contributed by atoms with Crippen molar-refractivity contribution in [1.29, 1.82) is 0 Å². The molecule has 0 aliphatic carbocycles. The summed E-state index contributed by atoms with van der Waals surface area (Å²) >= 11 is 0. The van der Waals surface area contributed by atoms with E-state index in [0.29, 0.717) is 45.8 Å². The number of pyridine rings is 1. The van der Waals surface area contributed by atoms with E-state index < -0.39 is 28.9 Å². The average molecular weight is 826 g/mol. The molecule has 310 valence electrons. The van der Waals surface area contributed by atoms with Crippen LogP contribution in [0.1, 0.15) is 49.5 Å². The molecule has 0 bridgehead atoms. The number of aliphatic carboxylic acids is 1. The summed E-state index contributed by atoms with van der Waals surface area (Å²) in [7, 11) is 1.54. The van der Waals surface area contributed by atoms with Crippen LogP contribution in [0, 0.1) is 0 Å². The van der Waals surface area contributed by atoms with Gasteiger partial charge in [0.2, 0.25) is 5.91 Å². The van der Waals surface area contributed by atoms with E-state index >= 15 is 0 Å². The zero-order chi connectivity index (χ0) is 42.7. The van der Waals surface area contributed by atoms with Gasteiger partial charge in [0.25, 0.3) is 5.91 Å². The Bertz CT molecular complexity index is 2380. The van der Waals surface area contributed by atoms with Crippen LogP contribution in [0.25, 0.3) is 10.8 Å². The summed E-state index contributed by atoms with van der Waals surface area (Å²) in [5.41, 5.74) is 2.88. The predicted octanol–water partition coefficient (Wildman–Crippen LogP) is 7.15. The Labute approximate surface area is 344 Å². The van der Waals surface area contributed by atoms with Gasteiger partial charge in [-0.05, 0) is 53.4 Å². The maximum atomic E-state index is 13.5. The standard InChI is InChI=1S/C42H47N7O9S/c1-42(2,3)25-21-32(39(57-5)33(22-25)49-59(6)55)48-41(54)47-31-13-14-34(29-10-8-7-9-28(29)31)58-27-15-18-43-36(24-27)46-26-11-12-30(35(23-26)56-4)40(53)45-19-16-37(50)44-20-17-38(51)52/h7-15,18,21-24,49H,16-17,19-20H2,1-6H3,(H,43,46)(H,44,50)(H,45,53)(H,51,52)(H2,47,48,54). The summed E-state index contributed by atoms with van der Waals surface area (Å²) in [6.07, 6.45) is 2.90. The molecule has 59 heavy (non-hydrogen) atoms. The Morgan fingerprint density at radius 2 is 1.49 bits per heavy atom. The van der Waals surface area contributed by atoms with Crippen molar-refractivity contribution in [1.82, 2.24) is 15.6 Å². The highest BCUT2D eigenvalue weighted by Crippen LogP contribution is 2.40. The fourth-order valence-corrected chi connectivity index (χ4v) is 6.37. The van der Waals surface area contributed by atoms with Crippen LogP contribution in [0.4, 0.5) is 33.4 Å². The Kier molecular flexibility index (Phi) is 14.3. The quantitative estimate of drug-likeness (QED) is 0.0500. The molecule has 0 saturated carbocycles. The molecule has 4 amide bonds. The molecule has 4 aromatic carbocycles. The summed E-state index contributed by atoms with van der Waals surface area (Å²) in [4.78, 5) is 53.3. The second-order valence-corrected chi connectivity index (χ2v) is 15.3. The number of benzene rings is 4. The van der Waals surface area contributed by atoms with Gasteiger partial charge >= 0.3 is 12.0 Å². The van der Waals surface area contributed by atoms with E-state index in [2.05, 4.69) is 36.3 Å². The highest BCUT2D eigenvalue weighted by Gasteiger charge is 2.22. The van der Waals surface area contributed by atoms with Crippen LogP contribution in [-0.4, -0.2) is 71.7 Å². The third kappa shape index (κ3) is 11.8. The molecule has 1 atom stereocenters. The minimum absolute atomic E-state index is 0.00917. The first-order chi connectivity index (χ1) is 28.1. The number of fused-ring (bicyclic) bond motifs is 1. The molecule has 0 fully saturated rings. The molecule has 1 heterocycles. The van der Waals surface area contributed by atoms with Gasteiger partial charge in [-0.25, -0.2) is 14.0 Å². The monoisotopic (exact) mass is 825 g/mol. The van der Waals surface area contributed by atoms with Crippen LogP contribution in [0.3, 0.4) is 0 Å². The molecule has 5 aromatic rings. The first-order valence-corrected chi connectivity index (χ1v) is 20.0. The number of nitrogens with one attached hydrogen (secondary N) is 6. The van der Waals surface area contributed by atoms with Gasteiger partial charge in [-0.3, -0.25) is 14.4 Å². The Balaban J connectivity index is 1.27. The highest BCUT2D eigenvalue weighted by molar-refractivity contribution is 7.85. The number of rotatable bonds is 17. The van der Waals surface area contributed by atoms with E-state index in [1.807, 2.05) is 57.2 Å². The van der Waals surface area contributed by atoms with Crippen molar-refractivity contribution in [2.75, 3.05) is 54.2 Å². The third-order valence-electron chi connectivity index (χ3n) is 8.77. The summed E-state index contributed by atoms with van der Waals surface area (Å²) in [5.74, 6) is 0.246. The molecule has 0 saturated heterocycles. The normalized spacial score (nSPS) is 11.5. The number of urea groups is 1. The maximum Gasteiger partial charge on any atom is 0.323 e. The van der Waals surface area contributed by atoms with Crippen LogP contribution in [0.5, 0.6) is 23.0 Å². The number of anilines is 5. The van der Waals surface area contributed by atoms with Crippen LogP contribution in [0.2, 0.25) is 0 Å². The fraction of sp³-hybridized carbons (Fsp3) is 0.262. The van der Waals surface area contributed by atoms with Gasteiger partial charge in [0.05, 0.1) is 43.3 Å². The topological polar surface area (TPSA) is 218 Å². The van der Waals surface area contributed by atoms with Gasteiger partial charge in [0, 0.05) is 60.6 Å². The number of carboxylic acids is 1. The molecule has 1 unspecified atom stereocenters. The summed E-state index contributed by atoms with van der Waals surface area (Å²) in [6, 6.07) is 22.5. The van der Waals surface area contributed by atoms with Crippen molar-refractivity contribution in [2.24, 2.45) is 0 Å². The van der Waals surface area contributed by atoms with E-state index in [4.69, 9.17) is 19.3 Å². The Morgan fingerprint density at radius 3 is 2.19 bits per heavy atom. The van der Waals surface area contributed by atoms with Gasteiger partial charge in [0.15, 0.2) is 5.75 Å². The number of carboxylic acid groups (broad SMARTS) is 1. The van der Waals surface area contributed by atoms with Gasteiger partial charge in [-0.2, -0.15) is 0 Å².